The van der Waals surface area contributed by atoms with Crippen LogP contribution in [0.25, 0.3) is 10.9 Å². The summed E-state index contributed by atoms with van der Waals surface area (Å²) >= 11 is 1.63. The molecule has 1 N–H and O–H groups in total. The molecule has 1 aromatic carbocycles. The number of benzene rings is 1. The van der Waals surface area contributed by atoms with Gasteiger partial charge in [0.25, 0.3) is 0 Å². The summed E-state index contributed by atoms with van der Waals surface area (Å²) in [7, 11) is 0. The Bertz CT molecular complexity index is 1020. The van der Waals surface area contributed by atoms with Gasteiger partial charge in [0.2, 0.25) is 0 Å². The zero-order valence-electron chi connectivity index (χ0n) is 12.3. The van der Waals surface area contributed by atoms with Gasteiger partial charge >= 0.3 is 0 Å². The summed E-state index contributed by atoms with van der Waals surface area (Å²) < 4.78 is 0. The van der Waals surface area contributed by atoms with Crippen molar-refractivity contribution in [2.24, 2.45) is 4.99 Å². The second kappa shape index (κ2) is 5.39. The van der Waals surface area contributed by atoms with Crippen LogP contribution in [0.4, 0.5) is 5.00 Å². The van der Waals surface area contributed by atoms with E-state index in [0.29, 0.717) is 5.56 Å². The van der Waals surface area contributed by atoms with E-state index in [4.69, 9.17) is 5.26 Å². The molecule has 3 aromatic rings. The van der Waals surface area contributed by atoms with Crippen molar-refractivity contribution in [1.82, 2.24) is 4.98 Å². The molecule has 0 saturated carbocycles. The van der Waals surface area contributed by atoms with Crippen molar-refractivity contribution in [2.75, 3.05) is 0 Å². The van der Waals surface area contributed by atoms with E-state index in [2.05, 4.69) is 22.1 Å². The van der Waals surface area contributed by atoms with E-state index in [-0.39, 0.29) is 0 Å². The molecule has 5 heteroatoms. The first-order valence-electron chi connectivity index (χ1n) is 7.40. The normalized spacial score (nSPS) is 13.3. The van der Waals surface area contributed by atoms with Crippen molar-refractivity contribution in [3.63, 3.8) is 0 Å². The molecule has 4 rings (SSSR count). The quantitative estimate of drug-likeness (QED) is 0.719. The highest BCUT2D eigenvalue weighted by atomic mass is 32.1. The van der Waals surface area contributed by atoms with Crippen molar-refractivity contribution >= 4 is 33.5 Å². The molecule has 4 nitrogen and oxygen atoms in total. The minimum Gasteiger partial charge on any atom is -0.361 e. The van der Waals surface area contributed by atoms with Crippen molar-refractivity contribution in [3.8, 4) is 12.1 Å². The summed E-state index contributed by atoms with van der Waals surface area (Å²) in [4.78, 5) is 9.04. The summed E-state index contributed by atoms with van der Waals surface area (Å²) in [5.74, 6) is 0. The molecule has 1 aliphatic carbocycles. The number of aromatic nitrogens is 1. The monoisotopic (exact) mass is 316 g/mol. The molecule has 0 aliphatic heterocycles. The second-order valence-corrected chi connectivity index (χ2v) is 6.61. The number of aromatic amines is 1. The number of nitrogens with one attached hydrogen (secondary N) is 1. The van der Waals surface area contributed by atoms with Crippen molar-refractivity contribution in [3.05, 3.63) is 51.5 Å². The van der Waals surface area contributed by atoms with E-state index >= 15 is 0 Å². The maximum Gasteiger partial charge on any atom is 0.134 e. The fraction of sp³-hybridized carbons (Fsp3) is 0.167. The van der Waals surface area contributed by atoms with Gasteiger partial charge in [-0.25, -0.2) is 4.99 Å². The molecule has 23 heavy (non-hydrogen) atoms. The van der Waals surface area contributed by atoms with Gasteiger partial charge in [0, 0.05) is 33.8 Å². The number of aryl methyl sites for hydroxylation is 1. The van der Waals surface area contributed by atoms with Crippen LogP contribution in [-0.2, 0) is 12.8 Å². The van der Waals surface area contributed by atoms with Crippen LogP contribution in [0.5, 0.6) is 0 Å². The predicted molar refractivity (Wildman–Crippen MR) is 91.3 cm³/mol. The highest BCUT2D eigenvalue weighted by molar-refractivity contribution is 7.16. The molecule has 0 unspecified atom stereocenters. The zero-order valence-corrected chi connectivity index (χ0v) is 13.1. The van der Waals surface area contributed by atoms with E-state index in [1.807, 2.05) is 18.3 Å². The number of aliphatic imine (C=N–C) groups is 1. The number of fused-ring (bicyclic) bond motifs is 2. The molecule has 0 spiro atoms. The number of nitrogens with zero attached hydrogens (tertiary/aromatic N) is 3. The lowest BCUT2D eigenvalue weighted by Crippen LogP contribution is -1.81. The standard InChI is InChI=1S/C18H12N4S/c19-7-11-4-5-16-14(6-11)12(9-21-16)10-22-18-15(8-20)13-2-1-3-17(13)23-18/h4-6,9-10,21H,1-3H2/b22-10+. The van der Waals surface area contributed by atoms with Crippen LogP contribution < -0.4 is 0 Å². The number of rotatable bonds is 2. The van der Waals surface area contributed by atoms with Gasteiger partial charge < -0.3 is 4.98 Å². The van der Waals surface area contributed by atoms with Crippen LogP contribution in [0.2, 0.25) is 0 Å². The van der Waals surface area contributed by atoms with Crippen LogP contribution in [0.15, 0.2) is 29.4 Å². The van der Waals surface area contributed by atoms with Crippen molar-refractivity contribution in [2.45, 2.75) is 19.3 Å². The highest BCUT2D eigenvalue weighted by Gasteiger charge is 2.21. The smallest absolute Gasteiger partial charge is 0.134 e. The molecule has 0 bridgehead atoms. The van der Waals surface area contributed by atoms with Gasteiger partial charge in [-0.3, -0.25) is 0 Å². The molecular weight excluding hydrogens is 304 g/mol. The lowest BCUT2D eigenvalue weighted by atomic mass is 10.1. The van der Waals surface area contributed by atoms with Gasteiger partial charge in [-0.2, -0.15) is 10.5 Å². The first kappa shape index (κ1) is 13.8. The van der Waals surface area contributed by atoms with Gasteiger partial charge in [0.1, 0.15) is 11.1 Å². The van der Waals surface area contributed by atoms with Gasteiger partial charge in [-0.15, -0.1) is 11.3 Å². The van der Waals surface area contributed by atoms with Crippen LogP contribution in [0.3, 0.4) is 0 Å². The third kappa shape index (κ3) is 2.23. The Labute approximate surface area is 137 Å². The van der Waals surface area contributed by atoms with Crippen LogP contribution in [0.1, 0.15) is 33.6 Å². The lowest BCUT2D eigenvalue weighted by molar-refractivity contribution is 0.913. The van der Waals surface area contributed by atoms with Crippen LogP contribution >= 0.6 is 11.3 Å². The minimum atomic E-state index is 0.625. The maximum absolute atomic E-state index is 9.41. The molecule has 0 saturated heterocycles. The third-order valence-corrected chi connectivity index (χ3v) is 5.38. The molecule has 0 fully saturated rings. The Morgan fingerprint density at radius 3 is 2.96 bits per heavy atom. The summed E-state index contributed by atoms with van der Waals surface area (Å²) in [5.41, 5.74) is 4.44. The number of nitriles is 2. The second-order valence-electron chi connectivity index (χ2n) is 5.52. The molecule has 2 heterocycles. The topological polar surface area (TPSA) is 75.7 Å². The molecule has 1 aliphatic rings. The molecule has 0 amide bonds. The fourth-order valence-electron chi connectivity index (χ4n) is 3.04. The van der Waals surface area contributed by atoms with Gasteiger partial charge in [0.05, 0.1) is 17.2 Å². The van der Waals surface area contributed by atoms with E-state index < -0.39 is 0 Å². The predicted octanol–water partition coefficient (Wildman–Crippen LogP) is 4.21. The first-order chi connectivity index (χ1) is 11.3. The van der Waals surface area contributed by atoms with Crippen molar-refractivity contribution < 1.29 is 0 Å². The average molecular weight is 316 g/mol. The van der Waals surface area contributed by atoms with Gasteiger partial charge in [-0.1, -0.05) is 0 Å². The summed E-state index contributed by atoms with van der Waals surface area (Å²) in [6.07, 6.45) is 6.84. The van der Waals surface area contributed by atoms with Gasteiger partial charge in [0.15, 0.2) is 0 Å². The van der Waals surface area contributed by atoms with Crippen molar-refractivity contribution in [1.29, 1.82) is 10.5 Å². The van der Waals surface area contributed by atoms with E-state index in [9.17, 15) is 5.26 Å². The Kier molecular flexibility index (Phi) is 3.22. The number of hydrogen-bond acceptors (Lipinski definition) is 4. The summed E-state index contributed by atoms with van der Waals surface area (Å²) in [6.45, 7) is 0. The first-order valence-corrected chi connectivity index (χ1v) is 8.21. The third-order valence-electron chi connectivity index (χ3n) is 4.18. The SMILES string of the molecule is N#Cc1ccc2[nH]cc(/C=N/c3sc4c(c3C#N)CCC4)c2c1. The average Bonchev–Trinajstić information content (AvgIpc) is 3.26. The Morgan fingerprint density at radius 2 is 2.13 bits per heavy atom. The summed E-state index contributed by atoms with van der Waals surface area (Å²) in [6, 6.07) is 10.00. The molecule has 0 atom stereocenters. The molecule has 110 valence electrons. The lowest BCUT2D eigenvalue weighted by Gasteiger charge is -1.94. The number of thiophene rings is 1. The number of H-pyrrole nitrogens is 1. The fourth-order valence-corrected chi connectivity index (χ4v) is 4.23. The summed E-state index contributed by atoms with van der Waals surface area (Å²) in [5, 5.41) is 20.2. The largest absolute Gasteiger partial charge is 0.361 e. The van der Waals surface area contributed by atoms with Gasteiger partial charge in [-0.05, 0) is 43.0 Å². The molecule has 2 aromatic heterocycles. The van der Waals surface area contributed by atoms with Crippen LogP contribution in [-0.4, -0.2) is 11.2 Å². The minimum absolute atomic E-state index is 0.625. The Balaban J connectivity index is 1.76. The van der Waals surface area contributed by atoms with Crippen LogP contribution in [0, 0.1) is 22.7 Å². The molecular formula is C18H12N4S. The number of hydrogen-bond donors (Lipinski definition) is 1. The van der Waals surface area contributed by atoms with E-state index in [1.165, 1.54) is 10.4 Å². The Hall–Kier alpha value is -2.89. The van der Waals surface area contributed by atoms with E-state index in [1.54, 1.807) is 23.6 Å². The molecule has 0 radical (unpaired) electrons. The zero-order chi connectivity index (χ0) is 15.8. The van der Waals surface area contributed by atoms with E-state index in [0.717, 1.165) is 46.3 Å². The highest BCUT2D eigenvalue weighted by Crippen LogP contribution is 2.40. The maximum atomic E-state index is 9.41. The Morgan fingerprint density at radius 1 is 1.22 bits per heavy atom.